The van der Waals surface area contributed by atoms with Crippen LogP contribution in [0.25, 0.3) is 0 Å². The topological polar surface area (TPSA) is 115 Å². The predicted molar refractivity (Wildman–Crippen MR) is 50.0 cm³/mol. The average Bonchev–Trinajstić information content (AvgIpc) is 2.22. The molecule has 0 aromatic carbocycles. The zero-order valence-electron chi connectivity index (χ0n) is 7.78. The van der Waals surface area contributed by atoms with Gasteiger partial charge in [0.2, 0.25) is 0 Å². The molecule has 0 aliphatic rings. The van der Waals surface area contributed by atoms with Crippen molar-refractivity contribution < 1.29 is 30.0 Å². The molecule has 0 aliphatic carbocycles. The lowest BCUT2D eigenvalue weighted by molar-refractivity contribution is -0.131. The Kier molecular flexibility index (Phi) is 5.46. The predicted octanol–water partition coefficient (Wildman–Crippen LogP) is -1.53. The van der Waals surface area contributed by atoms with Crippen molar-refractivity contribution in [3.63, 3.8) is 0 Å². The molecule has 0 amide bonds. The average molecular weight is 216 g/mol. The molecule has 0 saturated carbocycles. The maximum Gasteiger partial charge on any atom is 0.328 e. The van der Waals surface area contributed by atoms with Crippen LogP contribution in [0.2, 0.25) is 0 Å². The summed E-state index contributed by atoms with van der Waals surface area (Å²) < 4.78 is 0. The molecule has 0 radical (unpaired) electrons. The van der Waals surface area contributed by atoms with Crippen LogP contribution >= 0.6 is 0 Å². The smallest absolute Gasteiger partial charge is 0.328 e. The highest BCUT2D eigenvalue weighted by Crippen LogP contribution is 2.14. The summed E-state index contributed by atoms with van der Waals surface area (Å²) in [5.74, 6) is -1.32. The van der Waals surface area contributed by atoms with Gasteiger partial charge in [0.05, 0.1) is 6.61 Å². The van der Waals surface area contributed by atoms with Crippen LogP contribution in [0.4, 0.5) is 0 Å². The van der Waals surface area contributed by atoms with Crippen LogP contribution in [0.1, 0.15) is 0 Å². The molecule has 0 heterocycles. The Hall–Kier alpha value is -1.50. The van der Waals surface area contributed by atoms with Gasteiger partial charge in [0.15, 0.2) is 0 Å². The first kappa shape index (κ1) is 13.5. The summed E-state index contributed by atoms with van der Waals surface area (Å²) in [5.41, 5.74) is -2.08. The minimum Gasteiger partial charge on any atom is -0.478 e. The molecule has 0 aliphatic heterocycles. The quantitative estimate of drug-likeness (QED) is 0.316. The Morgan fingerprint density at radius 1 is 1.40 bits per heavy atom. The highest BCUT2D eigenvalue weighted by atomic mass is 16.4. The Bertz CT molecular complexity index is 282. The van der Waals surface area contributed by atoms with E-state index in [0.717, 1.165) is 18.2 Å². The van der Waals surface area contributed by atoms with E-state index in [2.05, 4.69) is 0 Å². The fourth-order valence-corrected chi connectivity index (χ4v) is 0.822. The van der Waals surface area contributed by atoms with Crippen LogP contribution in [0.15, 0.2) is 24.3 Å². The van der Waals surface area contributed by atoms with E-state index >= 15 is 0 Å². The van der Waals surface area contributed by atoms with E-state index in [1.165, 1.54) is 0 Å². The molecule has 6 heteroatoms. The highest BCUT2D eigenvalue weighted by molar-refractivity contribution is 5.80. The highest BCUT2D eigenvalue weighted by Gasteiger charge is 2.29. The van der Waals surface area contributed by atoms with Gasteiger partial charge in [0.1, 0.15) is 18.0 Å². The van der Waals surface area contributed by atoms with Gasteiger partial charge in [-0.15, -0.1) is 0 Å². The molecule has 15 heavy (non-hydrogen) atoms. The van der Waals surface area contributed by atoms with Gasteiger partial charge in [0, 0.05) is 6.08 Å². The molecule has 0 aromatic heterocycles. The number of carbonyl (C=O) groups excluding carboxylic acids is 1. The molecule has 0 spiro atoms. The minimum absolute atomic E-state index is 0.351. The number of carboxylic acids is 1. The van der Waals surface area contributed by atoms with Crippen LogP contribution in [0.3, 0.4) is 0 Å². The lowest BCUT2D eigenvalue weighted by atomic mass is 9.96. The van der Waals surface area contributed by atoms with Gasteiger partial charge in [-0.1, -0.05) is 0 Å². The maximum absolute atomic E-state index is 10.2. The lowest BCUT2D eigenvalue weighted by Crippen LogP contribution is -2.41. The first-order chi connectivity index (χ1) is 6.96. The second-order valence-corrected chi connectivity index (χ2v) is 2.75. The van der Waals surface area contributed by atoms with Gasteiger partial charge >= 0.3 is 5.97 Å². The summed E-state index contributed by atoms with van der Waals surface area (Å²) in [4.78, 5) is 20.2. The molecule has 4 N–H and O–H groups in total. The number of carbonyl (C=O) groups is 2. The summed E-state index contributed by atoms with van der Waals surface area (Å²) in [6, 6.07) is 0. The zero-order chi connectivity index (χ0) is 11.9. The van der Waals surface area contributed by atoms with Gasteiger partial charge in [0.25, 0.3) is 0 Å². The fourth-order valence-electron chi connectivity index (χ4n) is 0.822. The lowest BCUT2D eigenvalue weighted by Gasteiger charge is -2.24. The van der Waals surface area contributed by atoms with Crippen molar-refractivity contribution in [2.45, 2.75) is 11.7 Å². The van der Waals surface area contributed by atoms with Gasteiger partial charge in [-0.2, -0.15) is 0 Å². The minimum atomic E-state index is -2.08. The van der Waals surface area contributed by atoms with Crippen LogP contribution in [0.5, 0.6) is 0 Å². The number of hydrogen-bond acceptors (Lipinski definition) is 5. The number of carboxylic acid groups (broad SMARTS) is 1. The van der Waals surface area contributed by atoms with E-state index in [0.29, 0.717) is 12.4 Å². The van der Waals surface area contributed by atoms with Gasteiger partial charge in [-0.3, -0.25) is 4.79 Å². The normalized spacial score (nSPS) is 17.8. The SMILES string of the molecule is O=CC=CC(O)(C=CC(=O)O)C(O)CO. The van der Waals surface area contributed by atoms with Crippen molar-refractivity contribution in [2.24, 2.45) is 0 Å². The molecular weight excluding hydrogens is 204 g/mol. The van der Waals surface area contributed by atoms with E-state index < -0.39 is 24.3 Å². The number of aldehydes is 1. The Balaban J connectivity index is 4.92. The van der Waals surface area contributed by atoms with E-state index in [1.807, 2.05) is 0 Å². The summed E-state index contributed by atoms with van der Waals surface area (Å²) >= 11 is 0. The van der Waals surface area contributed by atoms with Crippen molar-refractivity contribution in [3.05, 3.63) is 24.3 Å². The number of aliphatic carboxylic acids is 1. The number of allylic oxidation sites excluding steroid dienone is 1. The fraction of sp³-hybridized carbons (Fsp3) is 0.333. The molecule has 2 unspecified atom stereocenters. The molecule has 0 rings (SSSR count). The van der Waals surface area contributed by atoms with Crippen molar-refractivity contribution >= 4 is 12.3 Å². The molecule has 0 saturated heterocycles. The van der Waals surface area contributed by atoms with E-state index in [9.17, 15) is 19.8 Å². The van der Waals surface area contributed by atoms with Crippen molar-refractivity contribution in [2.75, 3.05) is 6.61 Å². The summed E-state index contributed by atoms with van der Waals surface area (Å²) in [6.45, 7) is -0.774. The van der Waals surface area contributed by atoms with E-state index in [4.69, 9.17) is 10.2 Å². The molecule has 6 nitrogen and oxygen atoms in total. The molecule has 84 valence electrons. The Morgan fingerprint density at radius 2 is 2.00 bits per heavy atom. The second kappa shape index (κ2) is 6.07. The third-order valence-electron chi connectivity index (χ3n) is 1.64. The first-order valence-corrected chi connectivity index (χ1v) is 4.02. The Morgan fingerprint density at radius 3 is 2.40 bits per heavy atom. The number of rotatable bonds is 6. The van der Waals surface area contributed by atoms with Crippen LogP contribution in [-0.2, 0) is 9.59 Å². The molecule has 0 aromatic rings. The van der Waals surface area contributed by atoms with Gasteiger partial charge < -0.3 is 20.4 Å². The van der Waals surface area contributed by atoms with Gasteiger partial charge in [-0.25, -0.2) is 4.79 Å². The molecule has 0 bridgehead atoms. The Labute approximate surface area is 85.8 Å². The number of hydrogen-bond donors (Lipinski definition) is 4. The molecule has 2 atom stereocenters. The van der Waals surface area contributed by atoms with Crippen LogP contribution in [0, 0.1) is 0 Å². The summed E-state index contributed by atoms with van der Waals surface area (Å²) in [5, 5.41) is 35.8. The van der Waals surface area contributed by atoms with Crippen LogP contribution in [-0.4, -0.2) is 51.0 Å². The number of aliphatic hydroxyl groups excluding tert-OH is 2. The largest absolute Gasteiger partial charge is 0.478 e. The maximum atomic E-state index is 10.2. The van der Waals surface area contributed by atoms with E-state index in [1.54, 1.807) is 0 Å². The molecule has 0 fully saturated rings. The summed E-state index contributed by atoms with van der Waals surface area (Å²) in [7, 11) is 0. The monoisotopic (exact) mass is 216 g/mol. The molecular formula is C9H12O6. The third kappa shape index (κ3) is 4.50. The van der Waals surface area contributed by atoms with Crippen molar-refractivity contribution in [1.82, 2.24) is 0 Å². The standard InChI is InChI=1S/C9H12O6/c10-5-1-3-9(15,7(12)6-11)4-2-8(13)14/h1-5,7,11-12,15H,6H2,(H,13,14). The third-order valence-corrected chi connectivity index (χ3v) is 1.64. The second-order valence-electron chi connectivity index (χ2n) is 2.75. The first-order valence-electron chi connectivity index (χ1n) is 4.02. The summed E-state index contributed by atoms with van der Waals surface area (Å²) in [6.07, 6.45) is 1.91. The van der Waals surface area contributed by atoms with Gasteiger partial charge in [-0.05, 0) is 18.2 Å². The van der Waals surface area contributed by atoms with Crippen LogP contribution < -0.4 is 0 Å². The number of aliphatic hydroxyl groups is 3. The zero-order valence-corrected chi connectivity index (χ0v) is 7.78. The van der Waals surface area contributed by atoms with E-state index in [-0.39, 0.29) is 0 Å². The van der Waals surface area contributed by atoms with Crippen molar-refractivity contribution in [1.29, 1.82) is 0 Å². The van der Waals surface area contributed by atoms with Crippen molar-refractivity contribution in [3.8, 4) is 0 Å².